The van der Waals surface area contributed by atoms with Crippen molar-refractivity contribution in [3.63, 3.8) is 0 Å². The van der Waals surface area contributed by atoms with Crippen molar-refractivity contribution < 1.29 is 13.7 Å². The minimum absolute atomic E-state index is 0.161. The molecule has 1 unspecified atom stereocenters. The van der Waals surface area contributed by atoms with Crippen LogP contribution >= 0.6 is 39.5 Å². The molecule has 2 nitrogen and oxygen atoms in total. The average Bonchev–Trinajstić information content (AvgIpc) is 2.98. The van der Waals surface area contributed by atoms with E-state index in [1.54, 1.807) is 35.7 Å². The van der Waals surface area contributed by atoms with E-state index in [0.29, 0.717) is 10.0 Å². The topological polar surface area (TPSA) is 29.5 Å². The van der Waals surface area contributed by atoms with Crippen molar-refractivity contribution in [1.29, 1.82) is 0 Å². The number of thioether (sulfide) groups is 2. The fourth-order valence-corrected chi connectivity index (χ4v) is 9.59. The summed E-state index contributed by atoms with van der Waals surface area (Å²) in [5, 5.41) is 11.6. The lowest BCUT2D eigenvalue weighted by Gasteiger charge is -2.40. The fraction of sp³-hybridized carbons (Fsp3) is 0.250. The predicted octanol–water partition coefficient (Wildman–Crippen LogP) is 8.84. The van der Waals surface area contributed by atoms with Gasteiger partial charge in [0.2, 0.25) is 16.9 Å². The van der Waals surface area contributed by atoms with Crippen molar-refractivity contribution in [3.8, 4) is 5.75 Å². The Hall–Kier alpha value is -1.90. The molecule has 0 amide bonds. The maximum absolute atomic E-state index is 13.9. The fourth-order valence-electron chi connectivity index (χ4n) is 4.87. The van der Waals surface area contributed by atoms with E-state index in [-0.39, 0.29) is 11.2 Å². The normalized spacial score (nSPS) is 16.0. The molecule has 1 saturated heterocycles. The van der Waals surface area contributed by atoms with Crippen molar-refractivity contribution >= 4 is 51.5 Å². The molecule has 1 N–H and O–H groups in total. The van der Waals surface area contributed by atoms with Gasteiger partial charge in [-0.3, -0.25) is 4.18 Å². The highest BCUT2D eigenvalue weighted by atomic mass is 79.9. The summed E-state index contributed by atoms with van der Waals surface area (Å²) in [6, 6.07) is 31.8. The summed E-state index contributed by atoms with van der Waals surface area (Å²) < 4.78 is 19.9. The number of thiol groups is 1. The molecule has 0 radical (unpaired) electrons. The minimum Gasteiger partial charge on any atom is -0.386 e. The molecule has 1 aliphatic rings. The Morgan fingerprint density at radius 3 is 2.28 bits per heavy atom. The van der Waals surface area contributed by atoms with E-state index in [0.717, 1.165) is 46.2 Å². The molecule has 202 valence electrons. The first-order valence-electron chi connectivity index (χ1n) is 12.9. The van der Waals surface area contributed by atoms with Gasteiger partial charge in [-0.1, -0.05) is 80.6 Å². The van der Waals surface area contributed by atoms with E-state index in [9.17, 15) is 9.50 Å². The highest BCUT2D eigenvalue weighted by Gasteiger charge is 2.43. The summed E-state index contributed by atoms with van der Waals surface area (Å²) in [5.41, 5.74) is 4.06. The van der Waals surface area contributed by atoms with Crippen LogP contribution in [0.2, 0.25) is 0 Å². The van der Waals surface area contributed by atoms with Crippen LogP contribution in [0, 0.1) is 5.82 Å². The standard InChI is InChI=1S/C32H30BrFO2S3/c1-31(2,23-9-4-3-5-10-23)26-11-6-7-12-29(26)39-36-25-16-14-24(15-17-25)32(37-19-8-20-38-32)30(35)22-13-18-28(34)27(33)21-22/h3-7,9-18,21,30,35H,8,19-20H2,1-2H3/p+1. The molecule has 4 aromatic carbocycles. The molecule has 0 aromatic heterocycles. The average molecular weight is 643 g/mol. The van der Waals surface area contributed by atoms with Gasteiger partial charge < -0.3 is 5.11 Å². The van der Waals surface area contributed by atoms with Crippen molar-refractivity contribution in [2.75, 3.05) is 11.5 Å². The lowest BCUT2D eigenvalue weighted by Crippen LogP contribution is -2.30. The van der Waals surface area contributed by atoms with Gasteiger partial charge in [0.05, 0.1) is 4.47 Å². The number of halogens is 2. The van der Waals surface area contributed by atoms with E-state index in [1.807, 2.05) is 18.2 Å². The molecule has 1 atom stereocenters. The van der Waals surface area contributed by atoms with Crippen LogP contribution < -0.4 is 4.18 Å². The third-order valence-corrected chi connectivity index (χ3v) is 12.1. The molecule has 5 rings (SSSR count). The molecule has 39 heavy (non-hydrogen) atoms. The molecule has 1 heterocycles. The van der Waals surface area contributed by atoms with Gasteiger partial charge >= 0.3 is 0 Å². The number of benzene rings is 4. The molecule has 4 aromatic rings. The lowest BCUT2D eigenvalue weighted by atomic mass is 9.78. The molecule has 1 fully saturated rings. The molecule has 7 heteroatoms. The van der Waals surface area contributed by atoms with Gasteiger partial charge in [0.25, 0.3) is 0 Å². The quantitative estimate of drug-likeness (QED) is 0.154. The summed E-state index contributed by atoms with van der Waals surface area (Å²) in [5.74, 6) is 2.35. The Balaban J connectivity index is 1.37. The van der Waals surface area contributed by atoms with Gasteiger partial charge in [0.15, 0.2) is 5.75 Å². The first-order valence-corrected chi connectivity index (χ1v) is 16.4. The smallest absolute Gasteiger partial charge is 0.221 e. The van der Waals surface area contributed by atoms with Crippen molar-refractivity contribution in [1.82, 2.24) is 0 Å². The molecule has 0 saturated carbocycles. The molecule has 0 spiro atoms. The zero-order valence-electron chi connectivity index (χ0n) is 21.8. The number of hydrogen-bond donors (Lipinski definition) is 1. The zero-order valence-corrected chi connectivity index (χ0v) is 25.9. The van der Waals surface area contributed by atoms with E-state index in [4.69, 9.17) is 4.18 Å². The number of aliphatic hydroxyl groups is 1. The number of aliphatic hydroxyl groups excluding tert-OH is 1. The summed E-state index contributed by atoms with van der Waals surface area (Å²) >= 11 is 7.55. The Bertz CT molecular complexity index is 1410. The van der Waals surface area contributed by atoms with Gasteiger partial charge in [-0.2, -0.15) is 0 Å². The Labute approximate surface area is 251 Å². The van der Waals surface area contributed by atoms with E-state index >= 15 is 0 Å². The second kappa shape index (κ2) is 12.3. The molecular weight excluding hydrogens is 611 g/mol. The Morgan fingerprint density at radius 2 is 1.59 bits per heavy atom. The number of rotatable bonds is 8. The number of hydrogen-bond acceptors (Lipinski definition) is 4. The van der Waals surface area contributed by atoms with Crippen molar-refractivity contribution in [2.45, 2.75) is 40.8 Å². The SMILES string of the molecule is CC(C)(c1ccccc1)c1ccccc1[SH+]Oc1ccc(C2(C(O)c3ccc(F)c(Br)c3)SCCCS2)cc1. The highest BCUT2D eigenvalue weighted by molar-refractivity contribution is 9.10. The molecule has 0 aliphatic carbocycles. The van der Waals surface area contributed by atoms with Crippen LogP contribution in [0.15, 0.2) is 106 Å². The van der Waals surface area contributed by atoms with Gasteiger partial charge in [-0.25, -0.2) is 4.39 Å². The molecule has 1 aliphatic heterocycles. The van der Waals surface area contributed by atoms with Crippen LogP contribution in [0.3, 0.4) is 0 Å². The maximum atomic E-state index is 13.9. The highest BCUT2D eigenvalue weighted by Crippen LogP contribution is 2.57. The lowest BCUT2D eigenvalue weighted by molar-refractivity contribution is 0.163. The maximum Gasteiger partial charge on any atom is 0.221 e. The Morgan fingerprint density at radius 1 is 0.923 bits per heavy atom. The first-order chi connectivity index (χ1) is 18.8. The third-order valence-electron chi connectivity index (χ3n) is 7.12. The minimum atomic E-state index is -0.790. The summed E-state index contributed by atoms with van der Waals surface area (Å²) in [4.78, 5) is 1.13. The predicted molar refractivity (Wildman–Crippen MR) is 169 cm³/mol. The zero-order chi connectivity index (χ0) is 27.5. The van der Waals surface area contributed by atoms with Gasteiger partial charge in [0.1, 0.15) is 16.0 Å². The Kier molecular flexibility index (Phi) is 9.04. The van der Waals surface area contributed by atoms with Gasteiger partial charge in [0, 0.05) is 11.0 Å². The molecular formula is C32H31BrFO2S3+. The van der Waals surface area contributed by atoms with Crippen molar-refractivity contribution in [2.24, 2.45) is 0 Å². The second-order valence-electron chi connectivity index (χ2n) is 10.0. The third kappa shape index (κ3) is 6.08. The van der Waals surface area contributed by atoms with Crippen LogP contribution in [0.1, 0.15) is 48.6 Å². The van der Waals surface area contributed by atoms with E-state index < -0.39 is 10.2 Å². The van der Waals surface area contributed by atoms with Crippen molar-refractivity contribution in [3.05, 3.63) is 130 Å². The van der Waals surface area contributed by atoms with Crippen LogP contribution in [-0.2, 0) is 21.5 Å². The van der Waals surface area contributed by atoms with Crippen LogP contribution in [0.5, 0.6) is 5.75 Å². The summed E-state index contributed by atoms with van der Waals surface area (Å²) in [6.45, 7) is 4.49. The first kappa shape index (κ1) is 28.6. The summed E-state index contributed by atoms with van der Waals surface area (Å²) in [7, 11) is 0. The largest absolute Gasteiger partial charge is 0.386 e. The molecule has 0 bridgehead atoms. The monoisotopic (exact) mass is 641 g/mol. The van der Waals surface area contributed by atoms with Crippen LogP contribution in [0.4, 0.5) is 4.39 Å². The second-order valence-corrected chi connectivity index (χ2v) is 14.7. The summed E-state index contributed by atoms with van der Waals surface area (Å²) in [6.07, 6.45) is 0.303. The van der Waals surface area contributed by atoms with E-state index in [1.165, 1.54) is 17.2 Å². The van der Waals surface area contributed by atoms with Gasteiger partial charge in [-0.05, 0) is 80.9 Å². The van der Waals surface area contributed by atoms with Crippen LogP contribution in [-0.4, -0.2) is 16.6 Å². The van der Waals surface area contributed by atoms with Crippen LogP contribution in [0.25, 0.3) is 0 Å². The van der Waals surface area contributed by atoms with E-state index in [2.05, 4.69) is 90.4 Å². The van der Waals surface area contributed by atoms with Gasteiger partial charge in [-0.15, -0.1) is 23.5 Å².